The monoisotopic (exact) mass is 251 g/mol. The molecule has 0 fully saturated rings. The summed E-state index contributed by atoms with van der Waals surface area (Å²) >= 11 is 1.53. The smallest absolute Gasteiger partial charge is 0.137 e. The Morgan fingerprint density at radius 2 is 2.12 bits per heavy atom. The van der Waals surface area contributed by atoms with Crippen LogP contribution in [0.5, 0.6) is 5.75 Å². The predicted octanol–water partition coefficient (Wildman–Crippen LogP) is 4.08. The maximum Gasteiger partial charge on any atom is 0.137 e. The molecule has 17 heavy (non-hydrogen) atoms. The molecule has 0 aliphatic carbocycles. The van der Waals surface area contributed by atoms with E-state index in [0.717, 1.165) is 4.88 Å². The maximum atomic E-state index is 13.8. The van der Waals surface area contributed by atoms with Crippen molar-refractivity contribution in [2.75, 3.05) is 7.11 Å². The molecule has 0 radical (unpaired) electrons. The second-order valence-electron chi connectivity index (χ2n) is 4.07. The van der Waals surface area contributed by atoms with E-state index in [9.17, 15) is 4.39 Å². The van der Waals surface area contributed by atoms with Gasteiger partial charge in [0.1, 0.15) is 16.6 Å². The third-order valence-corrected chi connectivity index (χ3v) is 3.83. The van der Waals surface area contributed by atoms with Gasteiger partial charge >= 0.3 is 0 Å². The van der Waals surface area contributed by atoms with Gasteiger partial charge in [0, 0.05) is 22.7 Å². The number of methoxy groups -OCH3 is 1. The molecular formula is C13H14FNOS. The van der Waals surface area contributed by atoms with Crippen molar-refractivity contribution in [1.82, 2.24) is 4.98 Å². The quantitative estimate of drug-likeness (QED) is 0.820. The van der Waals surface area contributed by atoms with E-state index in [0.29, 0.717) is 22.2 Å². The number of halogens is 1. The molecule has 2 nitrogen and oxygen atoms in total. The van der Waals surface area contributed by atoms with Crippen molar-refractivity contribution in [1.29, 1.82) is 0 Å². The van der Waals surface area contributed by atoms with Crippen molar-refractivity contribution < 1.29 is 9.13 Å². The van der Waals surface area contributed by atoms with Gasteiger partial charge in [0.2, 0.25) is 0 Å². The summed E-state index contributed by atoms with van der Waals surface area (Å²) in [6, 6.07) is 4.83. The normalized spacial score (nSPS) is 10.9. The molecule has 0 saturated heterocycles. The number of benzene rings is 1. The molecular weight excluding hydrogens is 237 g/mol. The van der Waals surface area contributed by atoms with Gasteiger partial charge in [-0.3, -0.25) is 0 Å². The van der Waals surface area contributed by atoms with Gasteiger partial charge in [-0.2, -0.15) is 0 Å². The van der Waals surface area contributed by atoms with Gasteiger partial charge in [-0.1, -0.05) is 13.8 Å². The SMILES string of the molecule is COc1ccc(-c2ncc(C(C)C)s2)c(F)c1. The van der Waals surface area contributed by atoms with E-state index in [4.69, 9.17) is 4.74 Å². The van der Waals surface area contributed by atoms with Crippen LogP contribution in [0.15, 0.2) is 24.4 Å². The second kappa shape index (κ2) is 4.84. The number of hydrogen-bond donors (Lipinski definition) is 0. The first kappa shape index (κ1) is 12.0. The molecule has 0 saturated carbocycles. The zero-order valence-electron chi connectivity index (χ0n) is 10.0. The molecule has 2 rings (SSSR count). The first-order chi connectivity index (χ1) is 8.11. The van der Waals surface area contributed by atoms with Crippen LogP contribution >= 0.6 is 11.3 Å². The maximum absolute atomic E-state index is 13.8. The third kappa shape index (κ3) is 2.47. The molecule has 90 valence electrons. The lowest BCUT2D eigenvalue weighted by atomic mass is 10.2. The van der Waals surface area contributed by atoms with Crippen LogP contribution in [0.2, 0.25) is 0 Å². The topological polar surface area (TPSA) is 22.1 Å². The standard InChI is InChI=1S/C13H14FNOS/c1-8(2)12-7-15-13(17-12)10-5-4-9(16-3)6-11(10)14/h4-8H,1-3H3. The van der Waals surface area contributed by atoms with Gasteiger partial charge in [-0.25, -0.2) is 9.37 Å². The molecule has 0 unspecified atom stereocenters. The molecule has 1 aromatic heterocycles. The molecule has 1 aromatic carbocycles. The molecule has 0 aliphatic heterocycles. The predicted molar refractivity (Wildman–Crippen MR) is 68.1 cm³/mol. The summed E-state index contributed by atoms with van der Waals surface area (Å²) in [7, 11) is 1.52. The van der Waals surface area contributed by atoms with Crippen LogP contribution in [0.3, 0.4) is 0 Å². The van der Waals surface area contributed by atoms with Crippen LogP contribution in [-0.4, -0.2) is 12.1 Å². The van der Waals surface area contributed by atoms with Crippen LogP contribution in [0, 0.1) is 5.82 Å². The van der Waals surface area contributed by atoms with Crippen molar-refractivity contribution in [3.8, 4) is 16.3 Å². The fourth-order valence-electron chi connectivity index (χ4n) is 1.47. The van der Waals surface area contributed by atoms with Gasteiger partial charge in [0.15, 0.2) is 0 Å². The summed E-state index contributed by atoms with van der Waals surface area (Å²) in [5.74, 6) is 0.642. The second-order valence-corrected chi connectivity index (χ2v) is 5.13. The minimum atomic E-state index is -0.297. The summed E-state index contributed by atoms with van der Waals surface area (Å²) in [5.41, 5.74) is 0.530. The van der Waals surface area contributed by atoms with Crippen LogP contribution in [0.4, 0.5) is 4.39 Å². The highest BCUT2D eigenvalue weighted by Crippen LogP contribution is 2.32. The van der Waals surface area contributed by atoms with Crippen LogP contribution < -0.4 is 4.74 Å². The van der Waals surface area contributed by atoms with Crippen LogP contribution in [0.25, 0.3) is 10.6 Å². The molecule has 4 heteroatoms. The summed E-state index contributed by atoms with van der Waals surface area (Å²) < 4.78 is 18.8. The van der Waals surface area contributed by atoms with Gasteiger partial charge < -0.3 is 4.74 Å². The van der Waals surface area contributed by atoms with Gasteiger partial charge in [0.25, 0.3) is 0 Å². The number of hydrogen-bond acceptors (Lipinski definition) is 3. The Kier molecular flexibility index (Phi) is 3.43. The van der Waals surface area contributed by atoms with E-state index < -0.39 is 0 Å². The molecule has 2 aromatic rings. The Morgan fingerprint density at radius 3 is 2.65 bits per heavy atom. The number of rotatable bonds is 3. The molecule has 1 heterocycles. The highest BCUT2D eigenvalue weighted by atomic mass is 32.1. The Bertz CT molecular complexity index is 522. The summed E-state index contributed by atoms with van der Waals surface area (Å²) in [4.78, 5) is 5.42. The fraction of sp³-hybridized carbons (Fsp3) is 0.308. The van der Waals surface area contributed by atoms with Crippen LogP contribution in [-0.2, 0) is 0 Å². The number of nitrogens with zero attached hydrogens (tertiary/aromatic N) is 1. The minimum absolute atomic E-state index is 0.297. The lowest BCUT2D eigenvalue weighted by molar-refractivity contribution is 0.411. The highest BCUT2D eigenvalue weighted by molar-refractivity contribution is 7.15. The first-order valence-corrected chi connectivity index (χ1v) is 6.23. The molecule has 0 bridgehead atoms. The highest BCUT2D eigenvalue weighted by Gasteiger charge is 2.12. The molecule has 0 N–H and O–H groups in total. The van der Waals surface area contributed by atoms with Crippen molar-refractivity contribution in [2.24, 2.45) is 0 Å². The van der Waals surface area contributed by atoms with E-state index in [1.165, 1.54) is 24.5 Å². The van der Waals surface area contributed by atoms with Crippen LogP contribution in [0.1, 0.15) is 24.6 Å². The summed E-state index contributed by atoms with van der Waals surface area (Å²) in [6.45, 7) is 4.20. The summed E-state index contributed by atoms with van der Waals surface area (Å²) in [5, 5.41) is 0.717. The molecule has 0 amide bonds. The van der Waals surface area contributed by atoms with Gasteiger partial charge in [-0.15, -0.1) is 11.3 Å². The first-order valence-electron chi connectivity index (χ1n) is 5.41. The molecule has 0 aliphatic rings. The van der Waals surface area contributed by atoms with Crippen molar-refractivity contribution in [3.63, 3.8) is 0 Å². The molecule has 0 atom stereocenters. The Hall–Kier alpha value is -1.42. The van der Waals surface area contributed by atoms with E-state index >= 15 is 0 Å². The zero-order chi connectivity index (χ0) is 12.4. The van der Waals surface area contributed by atoms with E-state index in [2.05, 4.69) is 18.8 Å². The van der Waals surface area contributed by atoms with E-state index in [-0.39, 0.29) is 5.82 Å². The van der Waals surface area contributed by atoms with Crippen molar-refractivity contribution >= 4 is 11.3 Å². The largest absolute Gasteiger partial charge is 0.497 e. The summed E-state index contributed by atoms with van der Waals surface area (Å²) in [6.07, 6.45) is 1.81. The average molecular weight is 251 g/mol. The van der Waals surface area contributed by atoms with Gasteiger partial charge in [0.05, 0.1) is 7.11 Å². The lowest BCUT2D eigenvalue weighted by Gasteiger charge is -2.02. The number of ether oxygens (including phenoxy) is 1. The minimum Gasteiger partial charge on any atom is -0.497 e. The Labute approximate surface area is 104 Å². The van der Waals surface area contributed by atoms with Crippen molar-refractivity contribution in [2.45, 2.75) is 19.8 Å². The fourth-order valence-corrected chi connectivity index (χ4v) is 2.42. The van der Waals surface area contributed by atoms with Gasteiger partial charge in [-0.05, 0) is 18.1 Å². The Morgan fingerprint density at radius 1 is 1.35 bits per heavy atom. The third-order valence-electron chi connectivity index (χ3n) is 2.50. The van der Waals surface area contributed by atoms with E-state index in [1.54, 1.807) is 12.1 Å². The molecule has 0 spiro atoms. The van der Waals surface area contributed by atoms with Crippen molar-refractivity contribution in [3.05, 3.63) is 35.1 Å². The lowest BCUT2D eigenvalue weighted by Crippen LogP contribution is -1.87. The number of aromatic nitrogens is 1. The van der Waals surface area contributed by atoms with E-state index in [1.807, 2.05) is 6.20 Å². The number of thiazole rings is 1. The Balaban J connectivity index is 2.38. The average Bonchev–Trinajstić information content (AvgIpc) is 2.78. The zero-order valence-corrected chi connectivity index (χ0v) is 10.8.